The van der Waals surface area contributed by atoms with E-state index in [-0.39, 0.29) is 11.8 Å². The summed E-state index contributed by atoms with van der Waals surface area (Å²) in [5, 5.41) is 0. The van der Waals surface area contributed by atoms with Crippen LogP contribution in [0.2, 0.25) is 0 Å². The summed E-state index contributed by atoms with van der Waals surface area (Å²) in [5.74, 6) is -0.548. The summed E-state index contributed by atoms with van der Waals surface area (Å²) in [6.07, 6.45) is 0. The van der Waals surface area contributed by atoms with E-state index in [0.29, 0.717) is 6.54 Å². The van der Waals surface area contributed by atoms with Gasteiger partial charge in [-0.3, -0.25) is 14.5 Å². The number of imide groups is 1. The van der Waals surface area contributed by atoms with Gasteiger partial charge in [-0.2, -0.15) is 0 Å². The lowest BCUT2D eigenvalue weighted by Crippen LogP contribution is -2.69. The number of carbonyl (C=O) groups excluding carboxylic acids is 2. The minimum atomic E-state index is -1.27. The van der Waals surface area contributed by atoms with Crippen LogP contribution in [0.25, 0.3) is 0 Å². The Hall–Kier alpha value is -1.68. The molecule has 2 amide bonds. The highest BCUT2D eigenvalue weighted by atomic mass is 16.5. The second-order valence-corrected chi connectivity index (χ2v) is 3.92. The highest BCUT2D eigenvalue weighted by Crippen LogP contribution is 2.29. The molecule has 0 aromatic heterocycles. The lowest BCUT2D eigenvalue weighted by Gasteiger charge is -2.42. The highest BCUT2D eigenvalue weighted by molar-refractivity contribution is 6.24. The molecule has 4 heteroatoms. The summed E-state index contributed by atoms with van der Waals surface area (Å²) < 4.78 is 4.93. The monoisotopic (exact) mass is 219 g/mol. The van der Waals surface area contributed by atoms with Gasteiger partial charge in [0.2, 0.25) is 5.60 Å². The lowest BCUT2D eigenvalue weighted by molar-refractivity contribution is -0.191. The van der Waals surface area contributed by atoms with Crippen LogP contribution in [0.1, 0.15) is 12.5 Å². The van der Waals surface area contributed by atoms with Crippen LogP contribution >= 0.6 is 0 Å². The number of hydrogen-bond donors (Lipinski definition) is 0. The average molecular weight is 219 g/mol. The number of amides is 2. The molecule has 0 unspecified atom stereocenters. The van der Waals surface area contributed by atoms with Gasteiger partial charge in [0.1, 0.15) is 0 Å². The van der Waals surface area contributed by atoms with Gasteiger partial charge < -0.3 is 4.74 Å². The smallest absolute Gasteiger partial charge is 0.271 e. The number of nitrogens with zero attached hydrogens (tertiary/aromatic N) is 1. The van der Waals surface area contributed by atoms with Gasteiger partial charge in [-0.15, -0.1) is 0 Å². The van der Waals surface area contributed by atoms with Crippen molar-refractivity contribution in [3.63, 3.8) is 0 Å². The summed E-state index contributed by atoms with van der Waals surface area (Å²) in [6, 6.07) is 9.40. The molecule has 0 saturated carbocycles. The molecule has 1 aromatic rings. The van der Waals surface area contributed by atoms with E-state index in [4.69, 9.17) is 4.74 Å². The minimum absolute atomic E-state index is 0.274. The highest BCUT2D eigenvalue weighted by Gasteiger charge is 2.58. The first-order valence-electron chi connectivity index (χ1n) is 5.05. The molecule has 2 rings (SSSR count). The fraction of sp³-hybridized carbons (Fsp3) is 0.333. The van der Waals surface area contributed by atoms with E-state index in [1.54, 1.807) is 0 Å². The largest absolute Gasteiger partial charge is 0.360 e. The Labute approximate surface area is 93.8 Å². The number of benzene rings is 1. The Balaban J connectivity index is 2.10. The molecule has 1 aliphatic heterocycles. The molecule has 0 N–H and O–H groups in total. The Morgan fingerprint density at radius 1 is 1.19 bits per heavy atom. The van der Waals surface area contributed by atoms with Crippen LogP contribution in [0.4, 0.5) is 0 Å². The first kappa shape index (κ1) is 10.8. The summed E-state index contributed by atoms with van der Waals surface area (Å²) in [5.41, 5.74) is -0.336. The van der Waals surface area contributed by atoms with Crippen LogP contribution in [0.5, 0.6) is 0 Å². The number of likely N-dealkylation sites (tertiary alicyclic amines) is 1. The maximum absolute atomic E-state index is 11.7. The third-order valence-corrected chi connectivity index (χ3v) is 2.90. The van der Waals surface area contributed by atoms with Gasteiger partial charge >= 0.3 is 0 Å². The van der Waals surface area contributed by atoms with Crippen LogP contribution in [0.15, 0.2) is 30.3 Å². The zero-order valence-electron chi connectivity index (χ0n) is 9.27. The molecule has 16 heavy (non-hydrogen) atoms. The Morgan fingerprint density at radius 2 is 1.75 bits per heavy atom. The first-order chi connectivity index (χ1) is 7.59. The normalized spacial score (nSPS) is 18.5. The van der Waals surface area contributed by atoms with Crippen molar-refractivity contribution >= 4 is 11.8 Å². The van der Waals surface area contributed by atoms with Crippen LogP contribution in [0, 0.1) is 0 Å². The molecule has 0 spiro atoms. The van der Waals surface area contributed by atoms with Crippen molar-refractivity contribution < 1.29 is 14.3 Å². The quantitative estimate of drug-likeness (QED) is 0.562. The molecule has 1 aliphatic rings. The molecule has 1 saturated heterocycles. The SMILES string of the molecule is COC1(C)C(=O)N(Cc2ccccc2)C1=O. The fourth-order valence-corrected chi connectivity index (χ4v) is 1.73. The molecule has 0 bridgehead atoms. The number of hydrogen-bond acceptors (Lipinski definition) is 3. The summed E-state index contributed by atoms with van der Waals surface area (Å²) in [6.45, 7) is 1.82. The van der Waals surface area contributed by atoms with E-state index in [2.05, 4.69) is 0 Å². The topological polar surface area (TPSA) is 46.6 Å². The van der Waals surface area contributed by atoms with Crippen molar-refractivity contribution in [3.8, 4) is 0 Å². The zero-order chi connectivity index (χ0) is 11.8. The molecule has 4 nitrogen and oxygen atoms in total. The Kier molecular flexibility index (Phi) is 2.52. The van der Waals surface area contributed by atoms with E-state index in [9.17, 15) is 9.59 Å². The van der Waals surface area contributed by atoms with Gasteiger partial charge in [0.05, 0.1) is 6.54 Å². The predicted octanol–water partition coefficient (Wildman–Crippen LogP) is 0.960. The third kappa shape index (κ3) is 1.42. The van der Waals surface area contributed by atoms with Crippen LogP contribution in [0.3, 0.4) is 0 Å². The van der Waals surface area contributed by atoms with Crippen LogP contribution in [-0.4, -0.2) is 29.4 Å². The minimum Gasteiger partial charge on any atom is -0.360 e. The van der Waals surface area contributed by atoms with Crippen molar-refractivity contribution in [1.29, 1.82) is 0 Å². The summed E-state index contributed by atoms with van der Waals surface area (Å²) >= 11 is 0. The van der Waals surface area contributed by atoms with Crippen molar-refractivity contribution in [2.45, 2.75) is 19.1 Å². The lowest BCUT2D eigenvalue weighted by atomic mass is 9.93. The molecule has 1 heterocycles. The summed E-state index contributed by atoms with van der Waals surface area (Å²) in [7, 11) is 1.37. The molecule has 0 aliphatic carbocycles. The van der Waals surface area contributed by atoms with Gasteiger partial charge in [-0.05, 0) is 12.5 Å². The second-order valence-electron chi connectivity index (χ2n) is 3.92. The average Bonchev–Trinajstić information content (AvgIpc) is 2.35. The van der Waals surface area contributed by atoms with Gasteiger partial charge in [0.25, 0.3) is 11.8 Å². The molecule has 1 fully saturated rings. The van der Waals surface area contributed by atoms with Gasteiger partial charge in [0.15, 0.2) is 0 Å². The van der Waals surface area contributed by atoms with Gasteiger partial charge in [-0.1, -0.05) is 30.3 Å². The number of carbonyl (C=O) groups is 2. The number of ether oxygens (including phenoxy) is 1. The predicted molar refractivity (Wildman–Crippen MR) is 57.4 cm³/mol. The van der Waals surface area contributed by atoms with Gasteiger partial charge in [0, 0.05) is 7.11 Å². The van der Waals surface area contributed by atoms with Crippen molar-refractivity contribution in [1.82, 2.24) is 4.90 Å². The zero-order valence-corrected chi connectivity index (χ0v) is 9.27. The molecule has 0 atom stereocenters. The molecule has 0 radical (unpaired) electrons. The standard InChI is InChI=1S/C12H13NO3/c1-12(16-2)10(14)13(11(12)15)8-9-6-4-3-5-7-9/h3-7H,8H2,1-2H3. The van der Waals surface area contributed by atoms with E-state index < -0.39 is 5.60 Å². The van der Waals surface area contributed by atoms with Gasteiger partial charge in [-0.25, -0.2) is 0 Å². The molecular formula is C12H13NO3. The number of methoxy groups -OCH3 is 1. The maximum Gasteiger partial charge on any atom is 0.271 e. The summed E-state index contributed by atoms with van der Waals surface area (Å²) in [4.78, 5) is 24.6. The van der Waals surface area contributed by atoms with E-state index in [0.717, 1.165) is 5.56 Å². The number of rotatable bonds is 3. The second kappa shape index (κ2) is 3.72. The first-order valence-corrected chi connectivity index (χ1v) is 5.05. The molecular weight excluding hydrogens is 206 g/mol. The number of β-lactam (4-membered cyclic amide) rings is 2. The maximum atomic E-state index is 11.7. The third-order valence-electron chi connectivity index (χ3n) is 2.90. The van der Waals surface area contributed by atoms with Crippen LogP contribution in [-0.2, 0) is 20.9 Å². The molecule has 1 aromatic carbocycles. The van der Waals surface area contributed by atoms with Crippen molar-refractivity contribution in [2.75, 3.05) is 7.11 Å². The van der Waals surface area contributed by atoms with Crippen molar-refractivity contribution in [2.24, 2.45) is 0 Å². The Morgan fingerprint density at radius 3 is 2.25 bits per heavy atom. The van der Waals surface area contributed by atoms with E-state index in [1.807, 2.05) is 30.3 Å². The van der Waals surface area contributed by atoms with Crippen molar-refractivity contribution in [3.05, 3.63) is 35.9 Å². The fourth-order valence-electron chi connectivity index (χ4n) is 1.73. The molecule has 84 valence electrons. The van der Waals surface area contributed by atoms with E-state index >= 15 is 0 Å². The van der Waals surface area contributed by atoms with Crippen LogP contribution < -0.4 is 0 Å². The van der Waals surface area contributed by atoms with E-state index in [1.165, 1.54) is 18.9 Å². The Bertz CT molecular complexity index is 411.